The van der Waals surface area contributed by atoms with Crippen molar-refractivity contribution in [1.29, 1.82) is 0 Å². The molecule has 2 aromatic rings. The van der Waals surface area contributed by atoms with Crippen LogP contribution in [-0.2, 0) is 18.3 Å². The summed E-state index contributed by atoms with van der Waals surface area (Å²) in [5, 5.41) is 13.8. The van der Waals surface area contributed by atoms with Gasteiger partial charge in [-0.15, -0.1) is 0 Å². The molecule has 0 atom stereocenters. The van der Waals surface area contributed by atoms with Crippen molar-refractivity contribution in [1.82, 2.24) is 14.8 Å². The molecule has 0 unspecified atom stereocenters. The van der Waals surface area contributed by atoms with Crippen LogP contribution >= 0.6 is 0 Å². The summed E-state index contributed by atoms with van der Waals surface area (Å²) in [6.07, 6.45) is 6.03. The highest BCUT2D eigenvalue weighted by Crippen LogP contribution is 2.21. The first-order valence-electron chi connectivity index (χ1n) is 9.33. The van der Waals surface area contributed by atoms with Crippen LogP contribution in [0.1, 0.15) is 31.2 Å². The Morgan fingerprint density at radius 3 is 2.84 bits per heavy atom. The number of aliphatic hydroxyl groups is 1. The molecular weight excluding hydrogens is 314 g/mol. The number of likely N-dealkylation sites (tertiary alicyclic amines) is 1. The Labute approximate surface area is 149 Å². The molecule has 2 heterocycles. The summed E-state index contributed by atoms with van der Waals surface area (Å²) < 4.78 is 2.12. The maximum atomic E-state index is 12.1. The average Bonchev–Trinajstić information content (AvgIpc) is 2.95. The summed E-state index contributed by atoms with van der Waals surface area (Å²) in [6.45, 7) is 3.66. The number of para-hydroxylation sites is 1. The smallest absolute Gasteiger partial charge is 0.220 e. The molecule has 1 aromatic carbocycles. The summed E-state index contributed by atoms with van der Waals surface area (Å²) in [5.74, 6) is 0.127. The van der Waals surface area contributed by atoms with E-state index in [1.807, 2.05) is 19.2 Å². The molecule has 5 heteroatoms. The first kappa shape index (κ1) is 18.0. The fourth-order valence-electron chi connectivity index (χ4n) is 3.63. The van der Waals surface area contributed by atoms with Gasteiger partial charge in [0, 0.05) is 50.2 Å². The minimum absolute atomic E-state index is 0.120. The molecule has 1 aliphatic rings. The first-order chi connectivity index (χ1) is 12.1. The number of benzene rings is 1. The molecule has 1 aromatic heterocycles. The lowest BCUT2D eigenvalue weighted by Gasteiger charge is -2.29. The van der Waals surface area contributed by atoms with Gasteiger partial charge < -0.3 is 19.9 Å². The quantitative estimate of drug-likeness (QED) is 0.757. The monoisotopic (exact) mass is 343 g/mol. The summed E-state index contributed by atoms with van der Waals surface area (Å²) in [5.41, 5.74) is 2.45. The van der Waals surface area contributed by atoms with Crippen LogP contribution in [0.15, 0.2) is 30.5 Å². The van der Waals surface area contributed by atoms with Gasteiger partial charge in [0.05, 0.1) is 6.10 Å². The molecule has 2 N–H and O–H groups in total. The largest absolute Gasteiger partial charge is 0.393 e. The molecule has 1 fully saturated rings. The van der Waals surface area contributed by atoms with Crippen molar-refractivity contribution in [3.63, 3.8) is 0 Å². The number of nitrogens with one attached hydrogen (secondary N) is 1. The second kappa shape index (κ2) is 8.50. The Bertz CT molecular complexity index is 702. The Morgan fingerprint density at radius 2 is 2.04 bits per heavy atom. The third-order valence-corrected chi connectivity index (χ3v) is 5.13. The van der Waals surface area contributed by atoms with Crippen LogP contribution in [-0.4, -0.2) is 52.8 Å². The van der Waals surface area contributed by atoms with Crippen molar-refractivity contribution in [3.8, 4) is 0 Å². The van der Waals surface area contributed by atoms with Crippen LogP contribution in [0.25, 0.3) is 10.9 Å². The van der Waals surface area contributed by atoms with Crippen molar-refractivity contribution < 1.29 is 9.90 Å². The van der Waals surface area contributed by atoms with E-state index in [0.29, 0.717) is 6.42 Å². The molecule has 136 valence electrons. The van der Waals surface area contributed by atoms with E-state index in [9.17, 15) is 9.90 Å². The number of carbonyl (C=O) groups is 1. The van der Waals surface area contributed by atoms with Gasteiger partial charge in [0.15, 0.2) is 0 Å². The number of fused-ring (bicyclic) bond motifs is 1. The number of nitrogens with zero attached hydrogens (tertiary/aromatic N) is 2. The zero-order valence-electron chi connectivity index (χ0n) is 15.1. The van der Waals surface area contributed by atoms with E-state index in [1.165, 1.54) is 16.5 Å². The number of piperidine rings is 1. The fourth-order valence-corrected chi connectivity index (χ4v) is 3.63. The SMILES string of the molecule is Cn1cc(CCC(=O)NCCCN2CCC(O)CC2)c2ccccc21. The van der Waals surface area contributed by atoms with E-state index in [0.717, 1.165) is 51.9 Å². The Morgan fingerprint density at radius 1 is 1.28 bits per heavy atom. The van der Waals surface area contributed by atoms with Crippen molar-refractivity contribution >= 4 is 16.8 Å². The lowest BCUT2D eigenvalue weighted by Crippen LogP contribution is -2.37. The highest BCUT2D eigenvalue weighted by molar-refractivity contribution is 5.84. The van der Waals surface area contributed by atoms with Gasteiger partial charge >= 0.3 is 0 Å². The van der Waals surface area contributed by atoms with E-state index in [2.05, 4.69) is 33.1 Å². The van der Waals surface area contributed by atoms with Gasteiger partial charge in [0.25, 0.3) is 0 Å². The van der Waals surface area contributed by atoms with Gasteiger partial charge in [-0.05, 0) is 43.9 Å². The summed E-state index contributed by atoms with van der Waals surface area (Å²) >= 11 is 0. The second-order valence-corrected chi connectivity index (χ2v) is 7.06. The number of aryl methyl sites for hydroxylation is 2. The normalized spacial score (nSPS) is 16.4. The number of aliphatic hydroxyl groups excluding tert-OH is 1. The topological polar surface area (TPSA) is 57.5 Å². The number of hydrogen-bond donors (Lipinski definition) is 2. The highest BCUT2D eigenvalue weighted by Gasteiger charge is 2.16. The van der Waals surface area contributed by atoms with Crippen molar-refractivity contribution in [2.75, 3.05) is 26.2 Å². The summed E-state index contributed by atoms with van der Waals surface area (Å²) in [4.78, 5) is 14.5. The van der Waals surface area contributed by atoms with Gasteiger partial charge in [-0.1, -0.05) is 18.2 Å². The molecule has 25 heavy (non-hydrogen) atoms. The molecular formula is C20H29N3O2. The Balaban J connectivity index is 1.37. The van der Waals surface area contributed by atoms with Gasteiger partial charge in [-0.25, -0.2) is 0 Å². The molecule has 1 saturated heterocycles. The number of aromatic nitrogens is 1. The van der Waals surface area contributed by atoms with Gasteiger partial charge in [0.2, 0.25) is 5.91 Å². The molecule has 0 aliphatic carbocycles. The van der Waals surface area contributed by atoms with Crippen molar-refractivity contribution in [3.05, 3.63) is 36.0 Å². The van der Waals surface area contributed by atoms with Crippen LogP contribution in [0.3, 0.4) is 0 Å². The van der Waals surface area contributed by atoms with Crippen LogP contribution < -0.4 is 5.32 Å². The van der Waals surface area contributed by atoms with Crippen LogP contribution in [0.2, 0.25) is 0 Å². The van der Waals surface area contributed by atoms with Crippen LogP contribution in [0.5, 0.6) is 0 Å². The maximum absolute atomic E-state index is 12.1. The molecule has 0 spiro atoms. The minimum Gasteiger partial charge on any atom is -0.393 e. The predicted molar refractivity (Wildman–Crippen MR) is 101 cm³/mol. The zero-order chi connectivity index (χ0) is 17.6. The Kier molecular flexibility index (Phi) is 6.10. The van der Waals surface area contributed by atoms with Crippen LogP contribution in [0, 0.1) is 0 Å². The lowest BCUT2D eigenvalue weighted by molar-refractivity contribution is -0.121. The van der Waals surface area contributed by atoms with Crippen LogP contribution in [0.4, 0.5) is 0 Å². The third kappa shape index (κ3) is 4.83. The van der Waals surface area contributed by atoms with E-state index in [4.69, 9.17) is 0 Å². The number of amides is 1. The number of hydrogen-bond acceptors (Lipinski definition) is 3. The van der Waals surface area contributed by atoms with E-state index in [1.54, 1.807) is 0 Å². The molecule has 5 nitrogen and oxygen atoms in total. The number of carbonyl (C=O) groups excluding carboxylic acids is 1. The summed E-state index contributed by atoms with van der Waals surface area (Å²) in [7, 11) is 2.05. The molecule has 3 rings (SSSR count). The van der Waals surface area contributed by atoms with E-state index >= 15 is 0 Å². The lowest BCUT2D eigenvalue weighted by atomic mass is 10.1. The molecule has 1 aliphatic heterocycles. The predicted octanol–water partition coefficient (Wildman–Crippen LogP) is 2.07. The van der Waals surface area contributed by atoms with Gasteiger partial charge in [-0.3, -0.25) is 4.79 Å². The number of rotatable bonds is 7. The first-order valence-corrected chi connectivity index (χ1v) is 9.33. The standard InChI is InChI=1S/C20H29N3O2/c1-22-15-16(18-5-2-3-6-19(18)22)7-8-20(25)21-11-4-12-23-13-9-17(24)10-14-23/h2-3,5-6,15,17,24H,4,7-14H2,1H3,(H,21,25). The molecule has 0 radical (unpaired) electrons. The van der Waals surface area contributed by atoms with Gasteiger partial charge in [0.1, 0.15) is 0 Å². The van der Waals surface area contributed by atoms with E-state index in [-0.39, 0.29) is 12.0 Å². The van der Waals surface area contributed by atoms with Gasteiger partial charge in [-0.2, -0.15) is 0 Å². The Hall–Kier alpha value is -1.85. The maximum Gasteiger partial charge on any atom is 0.220 e. The fraction of sp³-hybridized carbons (Fsp3) is 0.550. The van der Waals surface area contributed by atoms with E-state index < -0.39 is 0 Å². The zero-order valence-corrected chi connectivity index (χ0v) is 15.1. The summed E-state index contributed by atoms with van der Waals surface area (Å²) in [6, 6.07) is 8.32. The van der Waals surface area contributed by atoms with Crippen molar-refractivity contribution in [2.45, 2.75) is 38.2 Å². The molecule has 0 saturated carbocycles. The average molecular weight is 343 g/mol. The second-order valence-electron chi connectivity index (χ2n) is 7.06. The highest BCUT2D eigenvalue weighted by atomic mass is 16.3. The third-order valence-electron chi connectivity index (χ3n) is 5.13. The van der Waals surface area contributed by atoms with Crippen molar-refractivity contribution in [2.24, 2.45) is 7.05 Å². The molecule has 1 amide bonds. The molecule has 0 bridgehead atoms. The minimum atomic E-state index is -0.120.